The topological polar surface area (TPSA) is 55.4 Å². The van der Waals surface area contributed by atoms with Gasteiger partial charge in [0.1, 0.15) is 5.82 Å². The molecule has 1 N–H and O–H groups in total. The maximum atomic E-state index is 13.0. The highest BCUT2D eigenvalue weighted by Crippen LogP contribution is 2.22. The van der Waals surface area contributed by atoms with E-state index in [2.05, 4.69) is 5.32 Å². The molecular formula is C16H12Cl2FNO3. The molecule has 120 valence electrons. The zero-order valence-electron chi connectivity index (χ0n) is 12.0. The van der Waals surface area contributed by atoms with E-state index >= 15 is 0 Å². The van der Waals surface area contributed by atoms with Crippen LogP contribution in [0.15, 0.2) is 42.5 Å². The fourth-order valence-electron chi connectivity index (χ4n) is 1.69. The van der Waals surface area contributed by atoms with Gasteiger partial charge in [-0.1, -0.05) is 23.2 Å². The Morgan fingerprint density at radius 2 is 1.78 bits per heavy atom. The van der Waals surface area contributed by atoms with Crippen molar-refractivity contribution in [3.8, 4) is 0 Å². The van der Waals surface area contributed by atoms with Crippen LogP contribution in [0.2, 0.25) is 10.0 Å². The lowest BCUT2D eigenvalue weighted by Gasteiger charge is -2.14. The van der Waals surface area contributed by atoms with Gasteiger partial charge in [-0.25, -0.2) is 9.18 Å². The van der Waals surface area contributed by atoms with Crippen molar-refractivity contribution in [3.05, 3.63) is 63.9 Å². The molecule has 1 atom stereocenters. The second-order valence-electron chi connectivity index (χ2n) is 4.67. The number of benzene rings is 2. The Morgan fingerprint density at radius 1 is 1.13 bits per heavy atom. The SMILES string of the molecule is C[C@@H](OC(=O)c1ccc(Cl)cc1)C(=O)Nc1ccc(F)cc1Cl. The number of esters is 1. The molecule has 0 saturated carbocycles. The number of hydrogen-bond donors (Lipinski definition) is 1. The number of anilines is 1. The molecule has 0 aliphatic carbocycles. The predicted octanol–water partition coefficient (Wildman–Crippen LogP) is 4.32. The van der Waals surface area contributed by atoms with Crippen molar-refractivity contribution in [2.75, 3.05) is 5.32 Å². The van der Waals surface area contributed by atoms with Crippen LogP contribution in [0.5, 0.6) is 0 Å². The van der Waals surface area contributed by atoms with Crippen LogP contribution in [-0.4, -0.2) is 18.0 Å². The maximum Gasteiger partial charge on any atom is 0.338 e. The van der Waals surface area contributed by atoms with Gasteiger partial charge < -0.3 is 10.1 Å². The highest BCUT2D eigenvalue weighted by atomic mass is 35.5. The van der Waals surface area contributed by atoms with Crippen molar-refractivity contribution >= 4 is 40.8 Å². The van der Waals surface area contributed by atoms with E-state index in [1.165, 1.54) is 25.1 Å². The van der Waals surface area contributed by atoms with Crippen molar-refractivity contribution in [1.82, 2.24) is 0 Å². The van der Waals surface area contributed by atoms with Gasteiger partial charge in [0.15, 0.2) is 6.10 Å². The molecule has 0 aliphatic heterocycles. The van der Waals surface area contributed by atoms with Gasteiger partial charge in [-0.2, -0.15) is 0 Å². The highest BCUT2D eigenvalue weighted by Gasteiger charge is 2.19. The van der Waals surface area contributed by atoms with Gasteiger partial charge in [-0.05, 0) is 49.4 Å². The Hall–Kier alpha value is -2.11. The zero-order chi connectivity index (χ0) is 17.0. The number of hydrogen-bond acceptors (Lipinski definition) is 3. The Balaban J connectivity index is 1.99. The first-order chi connectivity index (χ1) is 10.9. The number of carbonyl (C=O) groups excluding carboxylic acids is 2. The van der Waals surface area contributed by atoms with Crippen molar-refractivity contribution in [2.45, 2.75) is 13.0 Å². The molecule has 23 heavy (non-hydrogen) atoms. The third-order valence-corrected chi connectivity index (χ3v) is 3.49. The van der Waals surface area contributed by atoms with Crippen LogP contribution in [0.25, 0.3) is 0 Å². The number of halogens is 3. The van der Waals surface area contributed by atoms with Gasteiger partial charge in [0.2, 0.25) is 0 Å². The third kappa shape index (κ3) is 4.68. The van der Waals surface area contributed by atoms with Crippen LogP contribution < -0.4 is 5.32 Å². The smallest absolute Gasteiger partial charge is 0.338 e. The lowest BCUT2D eigenvalue weighted by atomic mass is 10.2. The van der Waals surface area contributed by atoms with E-state index in [4.69, 9.17) is 27.9 Å². The van der Waals surface area contributed by atoms with Crippen molar-refractivity contribution in [1.29, 1.82) is 0 Å². The summed E-state index contributed by atoms with van der Waals surface area (Å²) in [7, 11) is 0. The van der Waals surface area contributed by atoms with E-state index in [0.29, 0.717) is 5.02 Å². The summed E-state index contributed by atoms with van der Waals surface area (Å²) in [5, 5.41) is 3.00. The minimum absolute atomic E-state index is 0.0505. The molecule has 2 aromatic rings. The summed E-state index contributed by atoms with van der Waals surface area (Å²) in [6.07, 6.45) is -1.06. The minimum atomic E-state index is -1.06. The van der Waals surface area contributed by atoms with Crippen LogP contribution in [-0.2, 0) is 9.53 Å². The maximum absolute atomic E-state index is 13.0. The Bertz CT molecular complexity index is 735. The molecule has 0 spiro atoms. The molecule has 0 unspecified atom stereocenters. The number of amides is 1. The van der Waals surface area contributed by atoms with E-state index in [1.54, 1.807) is 12.1 Å². The second-order valence-corrected chi connectivity index (χ2v) is 5.51. The van der Waals surface area contributed by atoms with Crippen LogP contribution in [0.1, 0.15) is 17.3 Å². The predicted molar refractivity (Wildman–Crippen MR) is 86.4 cm³/mol. The van der Waals surface area contributed by atoms with Crippen molar-refractivity contribution in [3.63, 3.8) is 0 Å². The largest absolute Gasteiger partial charge is 0.449 e. The minimum Gasteiger partial charge on any atom is -0.449 e. The van der Waals surface area contributed by atoms with Crippen LogP contribution in [0.4, 0.5) is 10.1 Å². The fraction of sp³-hybridized carbons (Fsp3) is 0.125. The van der Waals surface area contributed by atoms with E-state index in [0.717, 1.165) is 12.1 Å². The van der Waals surface area contributed by atoms with Gasteiger partial charge >= 0.3 is 5.97 Å². The molecule has 0 radical (unpaired) electrons. The van der Waals surface area contributed by atoms with E-state index in [-0.39, 0.29) is 16.3 Å². The molecule has 2 rings (SSSR count). The number of nitrogens with one attached hydrogen (secondary N) is 1. The summed E-state index contributed by atoms with van der Waals surface area (Å²) >= 11 is 11.6. The molecule has 1 amide bonds. The first-order valence-electron chi connectivity index (χ1n) is 6.59. The summed E-state index contributed by atoms with van der Waals surface area (Å²) in [4.78, 5) is 23.9. The fourth-order valence-corrected chi connectivity index (χ4v) is 2.03. The van der Waals surface area contributed by atoms with Gasteiger partial charge in [0.25, 0.3) is 5.91 Å². The van der Waals surface area contributed by atoms with E-state index in [1.807, 2.05) is 0 Å². The molecule has 7 heteroatoms. The number of rotatable bonds is 4. The molecule has 0 fully saturated rings. The van der Waals surface area contributed by atoms with Crippen LogP contribution >= 0.6 is 23.2 Å². The molecule has 2 aromatic carbocycles. The monoisotopic (exact) mass is 355 g/mol. The molecule has 0 aliphatic rings. The average Bonchev–Trinajstić information content (AvgIpc) is 2.50. The van der Waals surface area contributed by atoms with Crippen molar-refractivity contribution < 1.29 is 18.7 Å². The molecule has 4 nitrogen and oxygen atoms in total. The Morgan fingerprint density at radius 3 is 2.39 bits per heavy atom. The van der Waals surface area contributed by atoms with Crippen LogP contribution in [0, 0.1) is 5.82 Å². The molecular weight excluding hydrogens is 344 g/mol. The Kier molecular flexibility index (Phi) is 5.58. The Labute approximate surface area is 142 Å². The normalized spacial score (nSPS) is 11.7. The quantitative estimate of drug-likeness (QED) is 0.831. The summed E-state index contributed by atoms with van der Waals surface area (Å²) in [5.74, 6) is -1.76. The molecule has 0 aromatic heterocycles. The lowest BCUT2D eigenvalue weighted by Crippen LogP contribution is -2.30. The molecule has 0 saturated heterocycles. The van der Waals surface area contributed by atoms with E-state index in [9.17, 15) is 14.0 Å². The third-order valence-electron chi connectivity index (χ3n) is 2.92. The van der Waals surface area contributed by atoms with Gasteiger partial charge in [0, 0.05) is 5.02 Å². The lowest BCUT2D eigenvalue weighted by molar-refractivity contribution is -0.123. The first-order valence-corrected chi connectivity index (χ1v) is 7.35. The highest BCUT2D eigenvalue weighted by molar-refractivity contribution is 6.33. The number of ether oxygens (including phenoxy) is 1. The van der Waals surface area contributed by atoms with Gasteiger partial charge in [0.05, 0.1) is 16.3 Å². The zero-order valence-corrected chi connectivity index (χ0v) is 13.5. The van der Waals surface area contributed by atoms with Crippen molar-refractivity contribution in [2.24, 2.45) is 0 Å². The molecule has 0 bridgehead atoms. The summed E-state index contributed by atoms with van der Waals surface area (Å²) < 4.78 is 18.0. The summed E-state index contributed by atoms with van der Waals surface area (Å²) in [5.41, 5.74) is 0.501. The summed E-state index contributed by atoms with van der Waals surface area (Å²) in [6, 6.07) is 9.62. The van der Waals surface area contributed by atoms with E-state index < -0.39 is 23.8 Å². The van der Waals surface area contributed by atoms with Gasteiger partial charge in [-0.15, -0.1) is 0 Å². The standard InChI is InChI=1S/C16H12Cl2FNO3/c1-9(23-16(22)10-2-4-11(17)5-3-10)15(21)20-14-7-6-12(19)8-13(14)18/h2-9H,1H3,(H,20,21)/t9-/m1/s1. The molecule has 0 heterocycles. The summed E-state index contributed by atoms with van der Waals surface area (Å²) in [6.45, 7) is 1.42. The average molecular weight is 356 g/mol. The van der Waals surface area contributed by atoms with Crippen LogP contribution in [0.3, 0.4) is 0 Å². The second kappa shape index (κ2) is 7.44. The number of carbonyl (C=O) groups is 2. The first kappa shape index (κ1) is 17.2. The van der Waals surface area contributed by atoms with Gasteiger partial charge in [-0.3, -0.25) is 4.79 Å².